The minimum Gasteiger partial charge on any atom is -0.378 e. The predicted octanol–water partition coefficient (Wildman–Crippen LogP) is 0.257. The van der Waals surface area contributed by atoms with Crippen molar-refractivity contribution in [1.29, 1.82) is 0 Å². The number of ether oxygens (including phenoxy) is 2. The zero-order valence-electron chi connectivity index (χ0n) is 9.67. The summed E-state index contributed by atoms with van der Waals surface area (Å²) in [6, 6.07) is 0. The molecule has 0 atom stereocenters. The van der Waals surface area contributed by atoms with Gasteiger partial charge in [0.15, 0.2) is 0 Å². The van der Waals surface area contributed by atoms with Gasteiger partial charge in [0.2, 0.25) is 5.91 Å². The van der Waals surface area contributed by atoms with Crippen molar-refractivity contribution < 1.29 is 17.1 Å². The van der Waals surface area contributed by atoms with Crippen LogP contribution >= 0.6 is 0 Å². The Hall–Kier alpha value is -0.650. The van der Waals surface area contributed by atoms with Gasteiger partial charge in [0.1, 0.15) is 6.61 Å². The van der Waals surface area contributed by atoms with E-state index in [0.29, 0.717) is 26.4 Å². The molecular formula is C10H26N2O3. The molecule has 0 aliphatic carbocycles. The lowest BCUT2D eigenvalue weighted by molar-refractivity contribution is -0.126. The topological polar surface area (TPSA) is 59.6 Å². The van der Waals surface area contributed by atoms with E-state index in [9.17, 15) is 4.79 Å². The lowest BCUT2D eigenvalue weighted by atomic mass is 10.5. The Morgan fingerprint density at radius 2 is 1.93 bits per heavy atom. The number of carbonyl (C=O) groups is 1. The molecule has 0 heterocycles. The highest BCUT2D eigenvalue weighted by Crippen LogP contribution is 1.79. The molecule has 0 radical (unpaired) electrons. The normalized spacial score (nSPS) is 10.3. The quantitative estimate of drug-likeness (QED) is 0.520. The predicted molar refractivity (Wildman–Crippen MR) is 63.1 cm³/mol. The van der Waals surface area contributed by atoms with E-state index >= 15 is 0 Å². The Kier molecular flexibility index (Phi) is 10.9. The number of rotatable bonds is 10. The summed E-state index contributed by atoms with van der Waals surface area (Å²) in [5.41, 5.74) is 0. The molecule has 2 N–H and O–H groups in total. The molecule has 0 unspecified atom stereocenters. The molecule has 0 spiro atoms. The molecule has 0 rings (SSSR count). The number of carbonyl (C=O) groups excluding carboxylic acids is 1. The molecular weight excluding hydrogens is 196 g/mol. The van der Waals surface area contributed by atoms with Crippen LogP contribution in [0.2, 0.25) is 0 Å². The van der Waals surface area contributed by atoms with Gasteiger partial charge in [-0.15, -0.1) is 0 Å². The summed E-state index contributed by atoms with van der Waals surface area (Å²) in [6.07, 6.45) is 0.943. The lowest BCUT2D eigenvalue weighted by Gasteiger charge is -2.06. The Labute approximate surface area is 94.5 Å². The molecule has 0 aromatic carbocycles. The molecule has 5 nitrogen and oxygen atoms in total. The minimum atomic E-state index is -0.0629. The summed E-state index contributed by atoms with van der Waals surface area (Å²) in [6.45, 7) is 5.33. The van der Waals surface area contributed by atoms with Crippen molar-refractivity contribution in [2.45, 2.75) is 13.3 Å². The van der Waals surface area contributed by atoms with Crippen molar-refractivity contribution >= 4 is 5.91 Å². The number of hydrogen-bond acceptors (Lipinski definition) is 4. The molecule has 15 heavy (non-hydrogen) atoms. The van der Waals surface area contributed by atoms with Crippen LogP contribution < -0.4 is 10.6 Å². The van der Waals surface area contributed by atoms with Crippen LogP contribution in [-0.4, -0.2) is 52.5 Å². The highest BCUT2D eigenvalue weighted by atomic mass is 16.5. The second-order valence-corrected chi connectivity index (χ2v) is 3.12. The highest BCUT2D eigenvalue weighted by molar-refractivity contribution is 5.77. The Morgan fingerprint density at radius 3 is 2.60 bits per heavy atom. The molecule has 0 aromatic rings. The first-order valence-corrected chi connectivity index (χ1v) is 5.38. The fourth-order valence-electron chi connectivity index (χ4n) is 0.874. The molecule has 1 amide bonds. The van der Waals surface area contributed by atoms with E-state index < -0.39 is 0 Å². The van der Waals surface area contributed by atoms with Gasteiger partial charge in [-0.05, 0) is 13.5 Å². The maximum atomic E-state index is 11.1. The second kappa shape index (κ2) is 11.4. The number of hydrogen-bond donors (Lipinski definition) is 2. The van der Waals surface area contributed by atoms with Gasteiger partial charge in [-0.1, -0.05) is 6.92 Å². The van der Waals surface area contributed by atoms with Crippen LogP contribution in [0.4, 0.5) is 0 Å². The first-order chi connectivity index (χ1) is 7.31. The molecule has 5 heteroatoms. The van der Waals surface area contributed by atoms with Crippen molar-refractivity contribution in [3.8, 4) is 0 Å². The average molecular weight is 222 g/mol. The first kappa shape index (κ1) is 14.3. The number of nitrogens with one attached hydrogen (secondary N) is 2. The van der Waals surface area contributed by atoms with Crippen LogP contribution in [0.25, 0.3) is 0 Å². The Bertz CT molecular complexity index is 162. The minimum absolute atomic E-state index is 0. The number of likely N-dealkylation sites (N-methyl/N-ethyl adjacent to an activating group) is 1. The fraction of sp³-hybridized carbons (Fsp3) is 0.900. The molecule has 0 aliphatic heterocycles. The van der Waals surface area contributed by atoms with E-state index in [1.807, 2.05) is 14.0 Å². The summed E-state index contributed by atoms with van der Waals surface area (Å²) < 4.78 is 10.3. The standard InChI is InChI=1S/C10H22N2O3.2H2/c1-3-4-12-10(13)9-15-8-7-14-6-5-11-2;;/h11H,3-9H2,1-2H3,(H,12,13);2*1H. The summed E-state index contributed by atoms with van der Waals surface area (Å²) in [5.74, 6) is -0.0629. The van der Waals surface area contributed by atoms with Crippen molar-refractivity contribution in [2.75, 3.05) is 46.6 Å². The molecule has 94 valence electrons. The molecule has 0 bridgehead atoms. The van der Waals surface area contributed by atoms with E-state index in [4.69, 9.17) is 9.47 Å². The van der Waals surface area contributed by atoms with Crippen LogP contribution in [0.3, 0.4) is 0 Å². The van der Waals surface area contributed by atoms with Gasteiger partial charge < -0.3 is 20.1 Å². The van der Waals surface area contributed by atoms with E-state index in [1.165, 1.54) is 0 Å². The third kappa shape index (κ3) is 11.3. The van der Waals surface area contributed by atoms with Crippen LogP contribution in [0.15, 0.2) is 0 Å². The van der Waals surface area contributed by atoms with Crippen molar-refractivity contribution in [3.63, 3.8) is 0 Å². The Balaban J connectivity index is -0.000000980. The average Bonchev–Trinajstić information content (AvgIpc) is 2.25. The third-order valence-corrected chi connectivity index (χ3v) is 1.67. The van der Waals surface area contributed by atoms with Crippen LogP contribution in [0.1, 0.15) is 16.2 Å². The van der Waals surface area contributed by atoms with Gasteiger partial charge in [-0.3, -0.25) is 4.79 Å². The van der Waals surface area contributed by atoms with E-state index in [2.05, 4.69) is 10.6 Å². The van der Waals surface area contributed by atoms with Crippen LogP contribution in [0, 0.1) is 0 Å². The lowest BCUT2D eigenvalue weighted by Crippen LogP contribution is -2.28. The van der Waals surface area contributed by atoms with E-state index in [0.717, 1.165) is 13.0 Å². The molecule has 0 aromatic heterocycles. The largest absolute Gasteiger partial charge is 0.378 e. The van der Waals surface area contributed by atoms with Crippen LogP contribution in [0.5, 0.6) is 0 Å². The van der Waals surface area contributed by atoms with Crippen molar-refractivity contribution in [1.82, 2.24) is 10.6 Å². The van der Waals surface area contributed by atoms with Gasteiger partial charge in [0.25, 0.3) is 0 Å². The molecule has 0 saturated heterocycles. The van der Waals surface area contributed by atoms with Gasteiger partial charge in [0.05, 0.1) is 19.8 Å². The van der Waals surface area contributed by atoms with Crippen molar-refractivity contribution in [2.24, 2.45) is 0 Å². The monoisotopic (exact) mass is 222 g/mol. The van der Waals surface area contributed by atoms with E-state index in [1.54, 1.807) is 0 Å². The maximum absolute atomic E-state index is 11.1. The van der Waals surface area contributed by atoms with Gasteiger partial charge in [-0.2, -0.15) is 0 Å². The van der Waals surface area contributed by atoms with Gasteiger partial charge >= 0.3 is 0 Å². The van der Waals surface area contributed by atoms with Crippen LogP contribution in [-0.2, 0) is 14.3 Å². The second-order valence-electron chi connectivity index (χ2n) is 3.12. The maximum Gasteiger partial charge on any atom is 0.245 e. The smallest absolute Gasteiger partial charge is 0.245 e. The van der Waals surface area contributed by atoms with Gasteiger partial charge in [-0.25, -0.2) is 0 Å². The Morgan fingerprint density at radius 1 is 1.20 bits per heavy atom. The molecule has 0 saturated carbocycles. The number of amides is 1. The fourth-order valence-corrected chi connectivity index (χ4v) is 0.874. The summed E-state index contributed by atoms with van der Waals surface area (Å²) in [7, 11) is 1.87. The molecule has 0 fully saturated rings. The summed E-state index contributed by atoms with van der Waals surface area (Å²) in [5, 5.41) is 5.70. The summed E-state index contributed by atoms with van der Waals surface area (Å²) in [4.78, 5) is 11.1. The third-order valence-electron chi connectivity index (χ3n) is 1.67. The first-order valence-electron chi connectivity index (χ1n) is 5.38. The van der Waals surface area contributed by atoms with Crippen molar-refractivity contribution in [3.05, 3.63) is 0 Å². The highest BCUT2D eigenvalue weighted by Gasteiger charge is 1.98. The zero-order chi connectivity index (χ0) is 11.4. The summed E-state index contributed by atoms with van der Waals surface area (Å²) >= 11 is 0. The molecule has 0 aliphatic rings. The zero-order valence-corrected chi connectivity index (χ0v) is 9.67. The van der Waals surface area contributed by atoms with Gasteiger partial charge in [0, 0.05) is 15.9 Å². The SMILES string of the molecule is CCCNC(=O)COCCOCCNC.[HH].[HH]. The van der Waals surface area contributed by atoms with E-state index in [-0.39, 0.29) is 15.4 Å².